The number of hydrogen-bond donors (Lipinski definition) is 1. The van der Waals surface area contributed by atoms with E-state index in [0.717, 1.165) is 25.8 Å². The Morgan fingerprint density at radius 3 is 2.58 bits per heavy atom. The van der Waals surface area contributed by atoms with E-state index < -0.39 is 6.36 Å². The number of nitrogens with one attached hydrogen (secondary N) is 1. The SMILES string of the molecule is CCCNC1CC(c2ccccc2OC(F)(F)F)C1. The summed E-state index contributed by atoms with van der Waals surface area (Å²) in [5.41, 5.74) is 0.661. The topological polar surface area (TPSA) is 21.3 Å². The van der Waals surface area contributed by atoms with E-state index in [0.29, 0.717) is 11.6 Å². The average Bonchev–Trinajstić information content (AvgIpc) is 2.27. The summed E-state index contributed by atoms with van der Waals surface area (Å²) >= 11 is 0. The van der Waals surface area contributed by atoms with E-state index in [-0.39, 0.29) is 11.7 Å². The molecule has 19 heavy (non-hydrogen) atoms. The molecule has 0 heterocycles. The average molecular weight is 273 g/mol. The lowest BCUT2D eigenvalue weighted by Gasteiger charge is -2.37. The molecule has 1 saturated carbocycles. The number of hydrogen-bond acceptors (Lipinski definition) is 2. The molecule has 0 aromatic heterocycles. The standard InChI is InChI=1S/C14H18F3NO/c1-2-7-18-11-8-10(9-11)12-5-3-4-6-13(12)19-14(15,16)17/h3-6,10-11,18H,2,7-9H2,1H3. The highest BCUT2D eigenvalue weighted by molar-refractivity contribution is 5.38. The molecule has 1 aliphatic rings. The van der Waals surface area contributed by atoms with Crippen LogP contribution in [0, 0.1) is 0 Å². The molecule has 2 rings (SSSR count). The maximum atomic E-state index is 12.3. The molecule has 5 heteroatoms. The molecule has 1 fully saturated rings. The van der Waals surface area contributed by atoms with E-state index in [1.165, 1.54) is 6.07 Å². The molecule has 0 unspecified atom stereocenters. The van der Waals surface area contributed by atoms with Gasteiger partial charge in [-0.2, -0.15) is 0 Å². The lowest BCUT2D eigenvalue weighted by Crippen LogP contribution is -2.40. The van der Waals surface area contributed by atoms with Gasteiger partial charge in [0.15, 0.2) is 0 Å². The van der Waals surface area contributed by atoms with E-state index in [1.807, 2.05) is 0 Å². The van der Waals surface area contributed by atoms with E-state index >= 15 is 0 Å². The van der Waals surface area contributed by atoms with Crippen molar-refractivity contribution in [3.8, 4) is 5.75 Å². The van der Waals surface area contributed by atoms with Crippen LogP contribution < -0.4 is 10.1 Å². The largest absolute Gasteiger partial charge is 0.573 e. The first-order valence-corrected chi connectivity index (χ1v) is 6.57. The molecule has 2 nitrogen and oxygen atoms in total. The second-order valence-corrected chi connectivity index (χ2v) is 4.91. The molecule has 0 bridgehead atoms. The van der Waals surface area contributed by atoms with Gasteiger partial charge in [-0.25, -0.2) is 0 Å². The van der Waals surface area contributed by atoms with Crippen molar-refractivity contribution in [2.24, 2.45) is 0 Å². The maximum absolute atomic E-state index is 12.3. The molecule has 0 aliphatic heterocycles. The molecule has 0 atom stereocenters. The van der Waals surface area contributed by atoms with Crippen molar-refractivity contribution >= 4 is 0 Å². The van der Waals surface area contributed by atoms with Crippen LogP contribution in [0.15, 0.2) is 24.3 Å². The molecule has 1 aliphatic carbocycles. The number of rotatable bonds is 5. The van der Waals surface area contributed by atoms with Crippen molar-refractivity contribution in [2.45, 2.75) is 44.5 Å². The van der Waals surface area contributed by atoms with Gasteiger partial charge in [0, 0.05) is 6.04 Å². The summed E-state index contributed by atoms with van der Waals surface area (Å²) in [5, 5.41) is 3.37. The molecule has 106 valence electrons. The zero-order chi connectivity index (χ0) is 13.9. The maximum Gasteiger partial charge on any atom is 0.573 e. The van der Waals surface area contributed by atoms with Crippen LogP contribution in [0.5, 0.6) is 5.75 Å². The van der Waals surface area contributed by atoms with Gasteiger partial charge in [0.1, 0.15) is 5.75 Å². The molecule has 1 aromatic carbocycles. The second-order valence-electron chi connectivity index (χ2n) is 4.91. The van der Waals surface area contributed by atoms with Crippen molar-refractivity contribution in [3.05, 3.63) is 29.8 Å². The van der Waals surface area contributed by atoms with Crippen LogP contribution in [0.1, 0.15) is 37.7 Å². The molecule has 0 radical (unpaired) electrons. The highest BCUT2D eigenvalue weighted by Gasteiger charge is 2.36. The van der Waals surface area contributed by atoms with Crippen molar-refractivity contribution in [1.29, 1.82) is 0 Å². The first-order valence-electron chi connectivity index (χ1n) is 6.57. The van der Waals surface area contributed by atoms with Crippen molar-refractivity contribution in [3.63, 3.8) is 0 Å². The summed E-state index contributed by atoms with van der Waals surface area (Å²) in [6.07, 6.45) is -1.81. The Hall–Kier alpha value is -1.23. The minimum absolute atomic E-state index is 0.0612. The van der Waals surface area contributed by atoms with E-state index in [9.17, 15) is 13.2 Å². The molecule has 0 spiro atoms. The number of benzene rings is 1. The highest BCUT2D eigenvalue weighted by atomic mass is 19.4. The van der Waals surface area contributed by atoms with Gasteiger partial charge in [-0.1, -0.05) is 25.1 Å². The van der Waals surface area contributed by atoms with E-state index in [1.54, 1.807) is 18.2 Å². The van der Waals surface area contributed by atoms with E-state index in [4.69, 9.17) is 0 Å². The molecule has 1 aromatic rings. The number of alkyl halides is 3. The fourth-order valence-electron chi connectivity index (χ4n) is 2.42. The lowest BCUT2D eigenvalue weighted by atomic mass is 9.75. The fraction of sp³-hybridized carbons (Fsp3) is 0.571. The van der Waals surface area contributed by atoms with Gasteiger partial charge in [-0.15, -0.1) is 13.2 Å². The van der Waals surface area contributed by atoms with Gasteiger partial charge >= 0.3 is 6.36 Å². The zero-order valence-electron chi connectivity index (χ0n) is 10.8. The van der Waals surface area contributed by atoms with Gasteiger partial charge in [0.2, 0.25) is 0 Å². The quantitative estimate of drug-likeness (QED) is 0.880. The zero-order valence-corrected chi connectivity index (χ0v) is 10.8. The summed E-state index contributed by atoms with van der Waals surface area (Å²) in [5.74, 6) is 0.0989. The molecule has 1 N–H and O–H groups in total. The predicted octanol–water partition coefficient (Wildman–Crippen LogP) is 3.83. The van der Waals surface area contributed by atoms with Gasteiger partial charge < -0.3 is 10.1 Å². The van der Waals surface area contributed by atoms with Crippen molar-refractivity contribution in [1.82, 2.24) is 5.32 Å². The summed E-state index contributed by atoms with van der Waals surface area (Å²) in [6, 6.07) is 6.85. The van der Waals surface area contributed by atoms with Crippen molar-refractivity contribution in [2.75, 3.05) is 6.54 Å². The fourth-order valence-corrected chi connectivity index (χ4v) is 2.42. The first kappa shape index (κ1) is 14.2. The Balaban J connectivity index is 1.98. The first-order chi connectivity index (χ1) is 8.99. The van der Waals surface area contributed by atoms with Crippen LogP contribution in [0.25, 0.3) is 0 Å². The number of ether oxygens (including phenoxy) is 1. The number of halogens is 3. The second kappa shape index (κ2) is 5.82. The minimum atomic E-state index is -4.63. The third kappa shape index (κ3) is 3.86. The summed E-state index contributed by atoms with van der Waals surface area (Å²) < 4.78 is 41.0. The molecule has 0 amide bonds. The Morgan fingerprint density at radius 1 is 1.26 bits per heavy atom. The van der Waals surface area contributed by atoms with Gasteiger partial charge in [0.25, 0.3) is 0 Å². The van der Waals surface area contributed by atoms with Crippen LogP contribution in [-0.2, 0) is 0 Å². The van der Waals surface area contributed by atoms with Crippen LogP contribution >= 0.6 is 0 Å². The molecular formula is C14H18F3NO. The Labute approximate surface area is 111 Å². The van der Waals surface area contributed by atoms with Gasteiger partial charge in [-0.05, 0) is 43.4 Å². The Kier molecular flexibility index (Phi) is 4.34. The van der Waals surface area contributed by atoms with Crippen LogP contribution in [0.3, 0.4) is 0 Å². The predicted molar refractivity (Wildman–Crippen MR) is 67.2 cm³/mol. The van der Waals surface area contributed by atoms with Crippen LogP contribution in [0.4, 0.5) is 13.2 Å². The Morgan fingerprint density at radius 2 is 1.95 bits per heavy atom. The smallest absolute Gasteiger partial charge is 0.405 e. The monoisotopic (exact) mass is 273 g/mol. The Bertz CT molecular complexity index is 413. The highest BCUT2D eigenvalue weighted by Crippen LogP contribution is 2.42. The third-order valence-corrected chi connectivity index (χ3v) is 3.41. The van der Waals surface area contributed by atoms with Crippen LogP contribution in [-0.4, -0.2) is 18.9 Å². The third-order valence-electron chi connectivity index (χ3n) is 3.41. The molecular weight excluding hydrogens is 255 g/mol. The van der Waals surface area contributed by atoms with E-state index in [2.05, 4.69) is 17.0 Å². The van der Waals surface area contributed by atoms with Crippen molar-refractivity contribution < 1.29 is 17.9 Å². The summed E-state index contributed by atoms with van der Waals surface area (Å²) in [4.78, 5) is 0. The van der Waals surface area contributed by atoms with Crippen LogP contribution in [0.2, 0.25) is 0 Å². The minimum Gasteiger partial charge on any atom is -0.405 e. The normalized spacial score (nSPS) is 22.9. The summed E-state index contributed by atoms with van der Waals surface area (Å²) in [7, 11) is 0. The lowest BCUT2D eigenvalue weighted by molar-refractivity contribution is -0.275. The van der Waals surface area contributed by atoms with Gasteiger partial charge in [-0.3, -0.25) is 0 Å². The molecule has 0 saturated heterocycles. The number of para-hydroxylation sites is 1. The summed E-state index contributed by atoms with van der Waals surface area (Å²) in [6.45, 7) is 3.05. The van der Waals surface area contributed by atoms with Gasteiger partial charge in [0.05, 0.1) is 0 Å².